The quantitative estimate of drug-likeness (QED) is 0.352. The number of nitro groups is 1. The molecule has 0 heterocycles. The van der Waals surface area contributed by atoms with E-state index >= 15 is 0 Å². The maximum atomic E-state index is 12.5. The first kappa shape index (κ1) is 20.4. The number of sulfonamides is 1. The number of methoxy groups -OCH3 is 1. The molecule has 0 amide bonds. The van der Waals surface area contributed by atoms with Crippen molar-refractivity contribution in [2.24, 2.45) is 0 Å². The number of nitrogens with zero attached hydrogens (tertiary/aromatic N) is 1. The highest BCUT2D eigenvalue weighted by Crippen LogP contribution is 2.35. The van der Waals surface area contributed by atoms with Gasteiger partial charge in [-0.15, -0.1) is 0 Å². The average Bonchev–Trinajstić information content (AvgIpc) is 2.58. The van der Waals surface area contributed by atoms with Crippen LogP contribution in [-0.2, 0) is 10.0 Å². The minimum atomic E-state index is -3.84. The number of halogens is 2. The molecule has 8 nitrogen and oxygen atoms in total. The predicted octanol–water partition coefficient (Wildman–Crippen LogP) is 3.41. The Morgan fingerprint density at radius 2 is 1.88 bits per heavy atom. The molecule has 0 aromatic heterocycles. The molecular formula is C15H15BrClN3O5S. The molecule has 0 aliphatic carbocycles. The number of benzene rings is 2. The van der Waals surface area contributed by atoms with E-state index in [4.69, 9.17) is 16.3 Å². The Morgan fingerprint density at radius 3 is 2.46 bits per heavy atom. The van der Waals surface area contributed by atoms with Gasteiger partial charge in [0.25, 0.3) is 5.69 Å². The third kappa shape index (κ3) is 5.07. The van der Waals surface area contributed by atoms with Crippen LogP contribution in [0, 0.1) is 10.1 Å². The molecule has 0 aliphatic heterocycles. The minimum absolute atomic E-state index is 0.0186. The average molecular weight is 465 g/mol. The lowest BCUT2D eigenvalue weighted by molar-refractivity contribution is -0.384. The first-order valence-electron chi connectivity index (χ1n) is 7.25. The van der Waals surface area contributed by atoms with Crippen LogP contribution in [0.15, 0.2) is 45.8 Å². The van der Waals surface area contributed by atoms with E-state index in [9.17, 15) is 18.5 Å². The van der Waals surface area contributed by atoms with Crippen molar-refractivity contribution in [1.82, 2.24) is 4.72 Å². The summed E-state index contributed by atoms with van der Waals surface area (Å²) in [5.41, 5.74) is 0.618. The summed E-state index contributed by atoms with van der Waals surface area (Å²) < 4.78 is 33.0. The van der Waals surface area contributed by atoms with Gasteiger partial charge in [0.2, 0.25) is 10.0 Å². The van der Waals surface area contributed by atoms with Crippen molar-refractivity contribution in [3.8, 4) is 5.75 Å². The third-order valence-electron chi connectivity index (χ3n) is 3.29. The fourth-order valence-electron chi connectivity index (χ4n) is 2.11. The number of rotatable bonds is 8. The normalized spacial score (nSPS) is 11.2. The molecule has 0 bridgehead atoms. The molecule has 0 spiro atoms. The monoisotopic (exact) mass is 463 g/mol. The second-order valence-corrected chi connectivity index (χ2v) is 8.07. The molecule has 0 unspecified atom stereocenters. The van der Waals surface area contributed by atoms with E-state index in [-0.39, 0.29) is 34.4 Å². The maximum Gasteiger partial charge on any atom is 0.269 e. The van der Waals surface area contributed by atoms with Gasteiger partial charge in [-0.1, -0.05) is 11.6 Å². The molecule has 0 fully saturated rings. The summed E-state index contributed by atoms with van der Waals surface area (Å²) in [6.07, 6.45) is 0. The summed E-state index contributed by atoms with van der Waals surface area (Å²) in [7, 11) is -2.47. The molecular weight excluding hydrogens is 450 g/mol. The summed E-state index contributed by atoms with van der Waals surface area (Å²) in [5.74, 6) is 0.158. The van der Waals surface area contributed by atoms with Crippen LogP contribution in [0.5, 0.6) is 5.75 Å². The Labute approximate surface area is 163 Å². The first-order valence-corrected chi connectivity index (χ1v) is 9.91. The van der Waals surface area contributed by atoms with Crippen LogP contribution in [0.25, 0.3) is 0 Å². The summed E-state index contributed by atoms with van der Waals surface area (Å²) >= 11 is 9.14. The molecule has 140 valence electrons. The summed E-state index contributed by atoms with van der Waals surface area (Å²) in [4.78, 5) is 10.0. The van der Waals surface area contributed by atoms with Crippen LogP contribution in [0.2, 0.25) is 5.02 Å². The summed E-state index contributed by atoms with van der Waals surface area (Å²) in [6.45, 7) is 0.369. The van der Waals surface area contributed by atoms with E-state index in [1.54, 1.807) is 12.1 Å². The predicted molar refractivity (Wildman–Crippen MR) is 102 cm³/mol. The molecule has 2 aromatic rings. The molecule has 0 aliphatic rings. The number of anilines is 1. The number of hydrogen-bond acceptors (Lipinski definition) is 6. The van der Waals surface area contributed by atoms with Crippen LogP contribution in [0.1, 0.15) is 0 Å². The van der Waals surface area contributed by atoms with Crippen molar-refractivity contribution >= 4 is 48.9 Å². The summed E-state index contributed by atoms with van der Waals surface area (Å²) in [5, 5.41) is 13.8. The van der Waals surface area contributed by atoms with Crippen molar-refractivity contribution in [2.45, 2.75) is 4.90 Å². The highest BCUT2D eigenvalue weighted by molar-refractivity contribution is 9.10. The Hall–Kier alpha value is -1.88. The zero-order valence-corrected chi connectivity index (χ0v) is 16.7. The van der Waals surface area contributed by atoms with Gasteiger partial charge >= 0.3 is 0 Å². The maximum absolute atomic E-state index is 12.5. The Balaban J connectivity index is 2.00. The minimum Gasteiger partial charge on any atom is -0.494 e. The van der Waals surface area contributed by atoms with Gasteiger partial charge < -0.3 is 10.1 Å². The highest BCUT2D eigenvalue weighted by atomic mass is 79.9. The number of ether oxygens (including phenoxy) is 1. The van der Waals surface area contributed by atoms with Gasteiger partial charge in [0.15, 0.2) is 5.75 Å². The molecule has 26 heavy (non-hydrogen) atoms. The number of nitro benzene ring substituents is 1. The van der Waals surface area contributed by atoms with Crippen molar-refractivity contribution in [3.05, 3.63) is 56.0 Å². The second kappa shape index (κ2) is 8.67. The van der Waals surface area contributed by atoms with E-state index in [2.05, 4.69) is 26.0 Å². The highest BCUT2D eigenvalue weighted by Gasteiger charge is 2.22. The van der Waals surface area contributed by atoms with E-state index in [1.807, 2.05) is 0 Å². The SMILES string of the molecule is COc1c(Br)cc(Cl)cc1S(=O)(=O)NCCNc1ccc([N+](=O)[O-])cc1. The van der Waals surface area contributed by atoms with E-state index in [0.29, 0.717) is 10.2 Å². The van der Waals surface area contributed by atoms with Gasteiger partial charge in [-0.25, -0.2) is 13.1 Å². The van der Waals surface area contributed by atoms with E-state index in [1.165, 1.54) is 31.4 Å². The van der Waals surface area contributed by atoms with E-state index < -0.39 is 14.9 Å². The summed E-state index contributed by atoms with van der Waals surface area (Å²) in [6, 6.07) is 8.65. The molecule has 0 atom stereocenters. The van der Waals surface area contributed by atoms with Crippen LogP contribution < -0.4 is 14.8 Å². The molecule has 11 heteroatoms. The fraction of sp³-hybridized carbons (Fsp3) is 0.200. The van der Waals surface area contributed by atoms with Crippen LogP contribution in [0.4, 0.5) is 11.4 Å². The second-order valence-electron chi connectivity index (χ2n) is 5.05. The van der Waals surface area contributed by atoms with Crippen molar-refractivity contribution in [1.29, 1.82) is 0 Å². The lowest BCUT2D eigenvalue weighted by Crippen LogP contribution is -2.29. The number of nitrogens with one attached hydrogen (secondary N) is 2. The molecule has 0 saturated heterocycles. The number of non-ortho nitro benzene ring substituents is 1. The van der Waals surface area contributed by atoms with Crippen molar-refractivity contribution < 1.29 is 18.1 Å². The van der Waals surface area contributed by atoms with Crippen LogP contribution >= 0.6 is 27.5 Å². The van der Waals surface area contributed by atoms with Crippen LogP contribution in [0.3, 0.4) is 0 Å². The smallest absolute Gasteiger partial charge is 0.269 e. The van der Waals surface area contributed by atoms with Gasteiger partial charge in [0.1, 0.15) is 4.90 Å². The van der Waals surface area contributed by atoms with Crippen molar-refractivity contribution in [2.75, 3.05) is 25.5 Å². The molecule has 0 saturated carbocycles. The van der Waals surface area contributed by atoms with Gasteiger partial charge in [-0.05, 0) is 40.2 Å². The standard InChI is InChI=1S/C15H15BrClN3O5S/c1-25-15-13(16)8-10(17)9-14(15)26(23,24)19-7-6-18-11-2-4-12(5-3-11)20(21)22/h2-5,8-9,18-19H,6-7H2,1H3. The van der Waals surface area contributed by atoms with Crippen molar-refractivity contribution in [3.63, 3.8) is 0 Å². The van der Waals surface area contributed by atoms with Gasteiger partial charge in [-0.2, -0.15) is 0 Å². The largest absolute Gasteiger partial charge is 0.494 e. The Morgan fingerprint density at radius 1 is 1.23 bits per heavy atom. The third-order valence-corrected chi connectivity index (χ3v) is 5.57. The molecule has 2 N–H and O–H groups in total. The fourth-order valence-corrected chi connectivity index (χ4v) is 4.52. The van der Waals surface area contributed by atoms with Gasteiger partial charge in [0, 0.05) is 35.9 Å². The molecule has 0 radical (unpaired) electrons. The van der Waals surface area contributed by atoms with Gasteiger partial charge in [0.05, 0.1) is 16.5 Å². The zero-order valence-electron chi connectivity index (χ0n) is 13.5. The molecule has 2 rings (SSSR count). The first-order chi connectivity index (χ1) is 12.2. The zero-order chi connectivity index (χ0) is 19.3. The topological polar surface area (TPSA) is 111 Å². The Kier molecular flexibility index (Phi) is 6.81. The Bertz CT molecular complexity index is 906. The lowest BCUT2D eigenvalue weighted by atomic mass is 10.3. The van der Waals surface area contributed by atoms with Crippen LogP contribution in [-0.4, -0.2) is 33.5 Å². The lowest BCUT2D eigenvalue weighted by Gasteiger charge is -2.13. The van der Waals surface area contributed by atoms with Gasteiger partial charge in [-0.3, -0.25) is 10.1 Å². The number of hydrogen-bond donors (Lipinski definition) is 2. The van der Waals surface area contributed by atoms with E-state index in [0.717, 1.165) is 0 Å². The molecule has 2 aromatic carbocycles.